The maximum atomic E-state index is 12.9. The molecule has 2 aromatic rings. The van der Waals surface area contributed by atoms with Gasteiger partial charge in [-0.1, -0.05) is 24.3 Å². The zero-order valence-corrected chi connectivity index (χ0v) is 16.1. The molecule has 1 aliphatic rings. The van der Waals surface area contributed by atoms with E-state index in [4.69, 9.17) is 4.74 Å². The Kier molecular flexibility index (Phi) is 5.91. The number of ether oxygens (including phenoxy) is 1. The van der Waals surface area contributed by atoms with Crippen molar-refractivity contribution >= 4 is 11.9 Å². The highest BCUT2D eigenvalue weighted by Gasteiger charge is 2.28. The van der Waals surface area contributed by atoms with E-state index in [0.29, 0.717) is 23.8 Å². The van der Waals surface area contributed by atoms with Crippen molar-refractivity contribution in [3.05, 3.63) is 59.7 Å². The van der Waals surface area contributed by atoms with E-state index in [0.717, 1.165) is 30.6 Å². The van der Waals surface area contributed by atoms with Crippen LogP contribution in [0.5, 0.6) is 0 Å². The van der Waals surface area contributed by atoms with Crippen molar-refractivity contribution in [1.29, 1.82) is 0 Å². The van der Waals surface area contributed by atoms with Gasteiger partial charge < -0.3 is 14.5 Å². The van der Waals surface area contributed by atoms with Gasteiger partial charge in [-0.05, 0) is 62.8 Å². The number of esters is 1. The van der Waals surface area contributed by atoms with E-state index < -0.39 is 0 Å². The Morgan fingerprint density at radius 1 is 1.07 bits per heavy atom. The standard InChI is InChI=1S/C22H26N2O3/c1-4-27-22(26)17-10-8-16(9-11-17)18-6-5-7-19(14-18)21(25)24-13-12-20(15-24)23(2)3/h5-11,14,20H,4,12-13,15H2,1-3H3. The molecule has 5 nitrogen and oxygen atoms in total. The third-order valence-electron chi connectivity index (χ3n) is 5.02. The molecular formula is C22H26N2O3. The van der Waals surface area contributed by atoms with Gasteiger partial charge in [0, 0.05) is 24.7 Å². The van der Waals surface area contributed by atoms with E-state index in [1.165, 1.54) is 0 Å². The SMILES string of the molecule is CCOC(=O)c1ccc(-c2cccc(C(=O)N3CCC(N(C)C)C3)c2)cc1. The second kappa shape index (κ2) is 8.35. The third-order valence-corrected chi connectivity index (χ3v) is 5.02. The number of hydrogen-bond acceptors (Lipinski definition) is 4. The molecule has 1 aliphatic heterocycles. The molecule has 0 aromatic heterocycles. The molecule has 0 radical (unpaired) electrons. The predicted molar refractivity (Wildman–Crippen MR) is 106 cm³/mol. The van der Waals surface area contributed by atoms with Crippen molar-refractivity contribution in [3.63, 3.8) is 0 Å². The Morgan fingerprint density at radius 3 is 2.44 bits per heavy atom. The first-order valence-corrected chi connectivity index (χ1v) is 9.33. The van der Waals surface area contributed by atoms with Crippen LogP contribution in [0.15, 0.2) is 48.5 Å². The van der Waals surface area contributed by atoms with Crippen LogP contribution in [0.1, 0.15) is 34.1 Å². The lowest BCUT2D eigenvalue weighted by atomic mass is 10.0. The van der Waals surface area contributed by atoms with Gasteiger partial charge in [0.1, 0.15) is 0 Å². The van der Waals surface area contributed by atoms with Crippen molar-refractivity contribution in [2.45, 2.75) is 19.4 Å². The first-order chi connectivity index (χ1) is 13.0. The van der Waals surface area contributed by atoms with Crippen molar-refractivity contribution in [2.24, 2.45) is 0 Å². The van der Waals surface area contributed by atoms with E-state index in [9.17, 15) is 9.59 Å². The van der Waals surface area contributed by atoms with Crippen LogP contribution >= 0.6 is 0 Å². The summed E-state index contributed by atoms with van der Waals surface area (Å²) in [6, 6.07) is 15.4. The molecule has 5 heteroatoms. The van der Waals surface area contributed by atoms with Crippen LogP contribution < -0.4 is 0 Å². The average Bonchev–Trinajstić information content (AvgIpc) is 3.18. The van der Waals surface area contributed by atoms with E-state index in [-0.39, 0.29) is 11.9 Å². The van der Waals surface area contributed by atoms with E-state index in [1.807, 2.05) is 41.3 Å². The van der Waals surface area contributed by atoms with Crippen LogP contribution in [-0.4, -0.2) is 61.5 Å². The summed E-state index contributed by atoms with van der Waals surface area (Å²) in [5.74, 6) is -0.248. The number of carbonyl (C=O) groups excluding carboxylic acids is 2. The van der Waals surface area contributed by atoms with Crippen LogP contribution in [0.2, 0.25) is 0 Å². The highest BCUT2D eigenvalue weighted by atomic mass is 16.5. The Hall–Kier alpha value is -2.66. The Balaban J connectivity index is 1.76. The van der Waals surface area contributed by atoms with Gasteiger partial charge in [0.25, 0.3) is 5.91 Å². The summed E-state index contributed by atoms with van der Waals surface area (Å²) in [7, 11) is 4.11. The van der Waals surface area contributed by atoms with Gasteiger partial charge in [0.15, 0.2) is 0 Å². The number of hydrogen-bond donors (Lipinski definition) is 0. The summed E-state index contributed by atoms with van der Waals surface area (Å²) in [5.41, 5.74) is 3.14. The largest absolute Gasteiger partial charge is 0.462 e. The quantitative estimate of drug-likeness (QED) is 0.762. The summed E-state index contributed by atoms with van der Waals surface area (Å²) in [5, 5.41) is 0. The molecule has 1 atom stereocenters. The molecule has 2 aromatic carbocycles. The molecule has 0 spiro atoms. The average molecular weight is 366 g/mol. The number of likely N-dealkylation sites (N-methyl/N-ethyl adjacent to an activating group) is 1. The molecule has 0 aliphatic carbocycles. The number of carbonyl (C=O) groups is 2. The van der Waals surface area contributed by atoms with Crippen LogP contribution in [0.4, 0.5) is 0 Å². The molecule has 27 heavy (non-hydrogen) atoms. The molecule has 0 saturated carbocycles. The Morgan fingerprint density at radius 2 is 1.81 bits per heavy atom. The van der Waals surface area contributed by atoms with Crippen LogP contribution in [0.25, 0.3) is 11.1 Å². The molecule has 0 N–H and O–H groups in total. The van der Waals surface area contributed by atoms with Gasteiger partial charge in [0.05, 0.1) is 12.2 Å². The smallest absolute Gasteiger partial charge is 0.338 e. The topological polar surface area (TPSA) is 49.9 Å². The van der Waals surface area contributed by atoms with Gasteiger partial charge in [-0.25, -0.2) is 4.79 Å². The zero-order chi connectivity index (χ0) is 19.4. The number of nitrogens with zero attached hydrogens (tertiary/aromatic N) is 2. The van der Waals surface area contributed by atoms with Crippen molar-refractivity contribution in [2.75, 3.05) is 33.8 Å². The second-order valence-corrected chi connectivity index (χ2v) is 7.04. The van der Waals surface area contributed by atoms with Gasteiger partial charge in [-0.15, -0.1) is 0 Å². The molecular weight excluding hydrogens is 340 g/mol. The summed E-state index contributed by atoms with van der Waals surface area (Å²) < 4.78 is 5.01. The summed E-state index contributed by atoms with van der Waals surface area (Å²) in [6.45, 7) is 3.70. The van der Waals surface area contributed by atoms with Gasteiger partial charge >= 0.3 is 5.97 Å². The van der Waals surface area contributed by atoms with Crippen LogP contribution in [0.3, 0.4) is 0 Å². The number of amides is 1. The summed E-state index contributed by atoms with van der Waals surface area (Å²) >= 11 is 0. The maximum Gasteiger partial charge on any atom is 0.338 e. The fourth-order valence-electron chi connectivity index (χ4n) is 3.38. The fraction of sp³-hybridized carbons (Fsp3) is 0.364. The minimum atomic E-state index is -0.322. The molecule has 1 heterocycles. The third kappa shape index (κ3) is 4.37. The van der Waals surface area contributed by atoms with Crippen LogP contribution in [-0.2, 0) is 4.74 Å². The number of rotatable bonds is 5. The Labute approximate surface area is 160 Å². The molecule has 1 fully saturated rings. The first kappa shape index (κ1) is 19.1. The van der Waals surface area contributed by atoms with Crippen molar-refractivity contribution < 1.29 is 14.3 Å². The fourth-order valence-corrected chi connectivity index (χ4v) is 3.38. The monoisotopic (exact) mass is 366 g/mol. The van der Waals surface area contributed by atoms with Crippen LogP contribution in [0, 0.1) is 0 Å². The first-order valence-electron chi connectivity index (χ1n) is 9.33. The molecule has 1 saturated heterocycles. The summed E-state index contributed by atoms with van der Waals surface area (Å²) in [6.07, 6.45) is 1.01. The molecule has 142 valence electrons. The number of benzene rings is 2. The van der Waals surface area contributed by atoms with Crippen molar-refractivity contribution in [3.8, 4) is 11.1 Å². The maximum absolute atomic E-state index is 12.9. The lowest BCUT2D eigenvalue weighted by molar-refractivity contribution is 0.0526. The predicted octanol–water partition coefficient (Wildman–Crippen LogP) is 3.31. The van der Waals surface area contributed by atoms with Gasteiger partial charge in [-0.3, -0.25) is 4.79 Å². The van der Waals surface area contributed by atoms with E-state index >= 15 is 0 Å². The lowest BCUT2D eigenvalue weighted by Crippen LogP contribution is -2.34. The van der Waals surface area contributed by atoms with E-state index in [2.05, 4.69) is 19.0 Å². The second-order valence-electron chi connectivity index (χ2n) is 7.04. The van der Waals surface area contributed by atoms with Gasteiger partial charge in [-0.2, -0.15) is 0 Å². The normalized spacial score (nSPS) is 16.6. The molecule has 0 bridgehead atoms. The molecule has 3 rings (SSSR count). The molecule has 1 unspecified atom stereocenters. The highest BCUT2D eigenvalue weighted by molar-refractivity contribution is 5.96. The molecule has 1 amide bonds. The Bertz CT molecular complexity index is 815. The van der Waals surface area contributed by atoms with Crippen molar-refractivity contribution in [1.82, 2.24) is 9.80 Å². The van der Waals surface area contributed by atoms with Gasteiger partial charge in [0.2, 0.25) is 0 Å². The highest BCUT2D eigenvalue weighted by Crippen LogP contribution is 2.23. The van der Waals surface area contributed by atoms with E-state index in [1.54, 1.807) is 19.1 Å². The summed E-state index contributed by atoms with van der Waals surface area (Å²) in [4.78, 5) is 28.7. The number of likely N-dealkylation sites (tertiary alicyclic amines) is 1. The lowest BCUT2D eigenvalue weighted by Gasteiger charge is -2.20. The zero-order valence-electron chi connectivity index (χ0n) is 16.1. The minimum absolute atomic E-state index is 0.0735. The minimum Gasteiger partial charge on any atom is -0.462 e.